The van der Waals surface area contributed by atoms with Crippen LogP contribution in [0, 0.1) is 5.82 Å². The molecule has 0 saturated carbocycles. The van der Waals surface area contributed by atoms with E-state index >= 15 is 0 Å². The van der Waals surface area contributed by atoms with E-state index in [1.54, 1.807) is 12.1 Å². The van der Waals surface area contributed by atoms with Gasteiger partial charge in [0.05, 0.1) is 0 Å². The Bertz CT molecular complexity index is 367. The lowest BCUT2D eigenvalue weighted by atomic mass is 9.98. The molecule has 1 fully saturated rings. The summed E-state index contributed by atoms with van der Waals surface area (Å²) >= 11 is 0. The van der Waals surface area contributed by atoms with Crippen LogP contribution in [0.3, 0.4) is 0 Å². The quantitative estimate of drug-likeness (QED) is 0.783. The maximum atomic E-state index is 13.1. The van der Waals surface area contributed by atoms with Gasteiger partial charge in [0.15, 0.2) is 0 Å². The van der Waals surface area contributed by atoms with Gasteiger partial charge in [-0.05, 0) is 24.1 Å². The van der Waals surface area contributed by atoms with E-state index in [0.29, 0.717) is 6.04 Å². The highest BCUT2D eigenvalue weighted by Gasteiger charge is 2.21. The molecule has 0 aliphatic carbocycles. The molecule has 1 atom stereocenters. The van der Waals surface area contributed by atoms with Crippen LogP contribution in [0.4, 0.5) is 4.39 Å². The first-order chi connectivity index (χ1) is 9.31. The SMILES string of the molecule is CCCCC[C@H](c1ccc(F)cc1)N1CCNCC1.Cl.Cl. The molecular formula is C16H27Cl2FN2. The number of hydrogen-bond donors (Lipinski definition) is 1. The third-order valence-electron chi connectivity index (χ3n) is 3.93. The molecule has 0 bridgehead atoms. The number of rotatable bonds is 6. The van der Waals surface area contributed by atoms with Gasteiger partial charge in [0.1, 0.15) is 5.82 Å². The average molecular weight is 337 g/mol. The van der Waals surface area contributed by atoms with E-state index in [-0.39, 0.29) is 30.6 Å². The molecule has 21 heavy (non-hydrogen) atoms. The predicted octanol–water partition coefficient (Wildman–Crippen LogP) is 4.20. The molecule has 1 N–H and O–H groups in total. The van der Waals surface area contributed by atoms with E-state index in [1.807, 2.05) is 12.1 Å². The third kappa shape index (κ3) is 6.52. The number of piperazine rings is 1. The van der Waals surface area contributed by atoms with Crippen molar-refractivity contribution in [1.29, 1.82) is 0 Å². The molecule has 5 heteroatoms. The van der Waals surface area contributed by atoms with Crippen molar-refractivity contribution >= 4 is 24.8 Å². The van der Waals surface area contributed by atoms with Gasteiger partial charge < -0.3 is 5.32 Å². The zero-order valence-electron chi connectivity index (χ0n) is 12.7. The fourth-order valence-electron chi connectivity index (χ4n) is 2.83. The van der Waals surface area contributed by atoms with Gasteiger partial charge >= 0.3 is 0 Å². The lowest BCUT2D eigenvalue weighted by Gasteiger charge is -2.35. The number of nitrogens with zero attached hydrogens (tertiary/aromatic N) is 1. The second-order valence-corrected chi connectivity index (χ2v) is 5.35. The van der Waals surface area contributed by atoms with Crippen LogP contribution in [0.5, 0.6) is 0 Å². The maximum absolute atomic E-state index is 13.1. The fourth-order valence-corrected chi connectivity index (χ4v) is 2.83. The van der Waals surface area contributed by atoms with Crippen molar-refractivity contribution < 1.29 is 4.39 Å². The van der Waals surface area contributed by atoms with E-state index in [2.05, 4.69) is 17.1 Å². The normalized spacial score (nSPS) is 16.7. The van der Waals surface area contributed by atoms with Crippen molar-refractivity contribution in [3.63, 3.8) is 0 Å². The number of hydrogen-bond acceptors (Lipinski definition) is 2. The summed E-state index contributed by atoms with van der Waals surface area (Å²) in [6.07, 6.45) is 4.96. The Morgan fingerprint density at radius 2 is 1.71 bits per heavy atom. The van der Waals surface area contributed by atoms with Crippen LogP contribution in [0.25, 0.3) is 0 Å². The molecule has 2 nitrogen and oxygen atoms in total. The van der Waals surface area contributed by atoms with Crippen molar-refractivity contribution in [3.05, 3.63) is 35.6 Å². The highest BCUT2D eigenvalue weighted by molar-refractivity contribution is 5.85. The van der Waals surface area contributed by atoms with Crippen LogP contribution in [-0.4, -0.2) is 31.1 Å². The second kappa shape index (κ2) is 11.2. The lowest BCUT2D eigenvalue weighted by molar-refractivity contribution is 0.162. The van der Waals surface area contributed by atoms with E-state index < -0.39 is 0 Å². The lowest BCUT2D eigenvalue weighted by Crippen LogP contribution is -2.45. The minimum Gasteiger partial charge on any atom is -0.314 e. The first-order valence-corrected chi connectivity index (χ1v) is 7.51. The number of benzene rings is 1. The summed E-state index contributed by atoms with van der Waals surface area (Å²) in [5, 5.41) is 3.40. The van der Waals surface area contributed by atoms with Gasteiger partial charge in [0.2, 0.25) is 0 Å². The molecule has 1 aromatic rings. The van der Waals surface area contributed by atoms with Crippen LogP contribution in [0.15, 0.2) is 24.3 Å². The molecule has 0 spiro atoms. The average Bonchev–Trinajstić information content (AvgIpc) is 2.46. The topological polar surface area (TPSA) is 15.3 Å². The number of halogens is 3. The minimum absolute atomic E-state index is 0. The van der Waals surface area contributed by atoms with Crippen molar-refractivity contribution in [2.24, 2.45) is 0 Å². The van der Waals surface area contributed by atoms with Crippen LogP contribution in [-0.2, 0) is 0 Å². The van der Waals surface area contributed by atoms with E-state index in [9.17, 15) is 4.39 Å². The molecule has 1 aliphatic heterocycles. The number of nitrogens with one attached hydrogen (secondary N) is 1. The molecule has 1 saturated heterocycles. The van der Waals surface area contributed by atoms with Crippen LogP contribution in [0.1, 0.15) is 44.2 Å². The Hall–Kier alpha value is -0.350. The smallest absolute Gasteiger partial charge is 0.123 e. The summed E-state index contributed by atoms with van der Waals surface area (Å²) in [7, 11) is 0. The van der Waals surface area contributed by atoms with Crippen LogP contribution < -0.4 is 5.32 Å². The van der Waals surface area contributed by atoms with Gasteiger partial charge in [0.25, 0.3) is 0 Å². The maximum Gasteiger partial charge on any atom is 0.123 e. The minimum atomic E-state index is -0.142. The molecule has 0 amide bonds. The predicted molar refractivity (Wildman–Crippen MR) is 92.2 cm³/mol. The fraction of sp³-hybridized carbons (Fsp3) is 0.625. The number of unbranched alkanes of at least 4 members (excludes halogenated alkanes) is 2. The Morgan fingerprint density at radius 3 is 2.29 bits per heavy atom. The largest absolute Gasteiger partial charge is 0.314 e. The summed E-state index contributed by atoms with van der Waals surface area (Å²) in [6, 6.07) is 7.53. The summed E-state index contributed by atoms with van der Waals surface area (Å²) in [6.45, 7) is 6.54. The summed E-state index contributed by atoms with van der Waals surface area (Å²) in [5.41, 5.74) is 1.26. The van der Waals surface area contributed by atoms with Gasteiger partial charge in [-0.2, -0.15) is 0 Å². The molecule has 122 valence electrons. The molecule has 1 aromatic carbocycles. The van der Waals surface area contributed by atoms with Crippen molar-refractivity contribution in [2.75, 3.05) is 26.2 Å². The van der Waals surface area contributed by atoms with E-state index in [0.717, 1.165) is 26.2 Å². The third-order valence-corrected chi connectivity index (χ3v) is 3.93. The first kappa shape index (κ1) is 20.6. The molecular weight excluding hydrogens is 310 g/mol. The van der Waals surface area contributed by atoms with Crippen molar-refractivity contribution in [2.45, 2.75) is 38.6 Å². The van der Waals surface area contributed by atoms with Gasteiger partial charge in [-0.3, -0.25) is 4.90 Å². The Labute approximate surface area is 140 Å². The summed E-state index contributed by atoms with van der Waals surface area (Å²) in [4.78, 5) is 2.54. The highest BCUT2D eigenvalue weighted by atomic mass is 35.5. The standard InChI is InChI=1S/C16H25FN2.2ClH/c1-2-3-4-5-16(19-12-10-18-11-13-19)14-6-8-15(17)9-7-14;;/h6-9,16,18H,2-5,10-13H2,1H3;2*1H/t16-;;/m1../s1. The Balaban J connectivity index is 0.00000200. The molecule has 1 heterocycles. The van der Waals surface area contributed by atoms with E-state index in [1.165, 1.54) is 31.2 Å². The molecule has 0 aromatic heterocycles. The van der Waals surface area contributed by atoms with Gasteiger partial charge in [-0.25, -0.2) is 4.39 Å². The highest BCUT2D eigenvalue weighted by Crippen LogP contribution is 2.27. The second-order valence-electron chi connectivity index (χ2n) is 5.35. The van der Waals surface area contributed by atoms with E-state index in [4.69, 9.17) is 0 Å². The summed E-state index contributed by atoms with van der Waals surface area (Å²) in [5.74, 6) is -0.142. The van der Waals surface area contributed by atoms with Crippen LogP contribution in [0.2, 0.25) is 0 Å². The molecule has 0 radical (unpaired) electrons. The monoisotopic (exact) mass is 336 g/mol. The zero-order valence-corrected chi connectivity index (χ0v) is 14.3. The zero-order chi connectivity index (χ0) is 13.5. The van der Waals surface area contributed by atoms with Gasteiger partial charge in [-0.1, -0.05) is 38.3 Å². The van der Waals surface area contributed by atoms with Gasteiger partial charge in [0, 0.05) is 32.2 Å². The van der Waals surface area contributed by atoms with Crippen LogP contribution >= 0.6 is 24.8 Å². The Morgan fingerprint density at radius 1 is 1.10 bits per heavy atom. The Kier molecular flexibility index (Phi) is 11.1. The molecule has 1 aliphatic rings. The van der Waals surface area contributed by atoms with Crippen molar-refractivity contribution in [3.8, 4) is 0 Å². The molecule has 0 unspecified atom stereocenters. The molecule has 2 rings (SSSR count). The summed E-state index contributed by atoms with van der Waals surface area (Å²) < 4.78 is 13.1. The first-order valence-electron chi connectivity index (χ1n) is 7.51. The van der Waals surface area contributed by atoms with Gasteiger partial charge in [-0.15, -0.1) is 24.8 Å². The van der Waals surface area contributed by atoms with Crippen molar-refractivity contribution in [1.82, 2.24) is 10.2 Å².